The Hall–Kier alpha value is -2.97. The summed E-state index contributed by atoms with van der Waals surface area (Å²) in [4.78, 5) is 32.1. The highest BCUT2D eigenvalue weighted by Gasteiger charge is 2.16. The van der Waals surface area contributed by atoms with Crippen LogP contribution in [0.5, 0.6) is 0 Å². The SMILES string of the molecule is CN1CCN(CCNc2nc3c4cc[nH]c(=O)c4[nH]c3c3ccncc23)CC1. The molecule has 0 atom stereocenters. The first kappa shape index (κ1) is 17.2. The lowest BCUT2D eigenvalue weighted by atomic mass is 10.1. The maximum atomic E-state index is 12.2. The summed E-state index contributed by atoms with van der Waals surface area (Å²) in [7, 11) is 2.17. The third kappa shape index (κ3) is 2.90. The summed E-state index contributed by atoms with van der Waals surface area (Å²) < 4.78 is 0. The van der Waals surface area contributed by atoms with Crippen molar-refractivity contribution >= 4 is 38.5 Å². The topological polar surface area (TPSA) is 92.9 Å². The zero-order valence-corrected chi connectivity index (χ0v) is 15.8. The van der Waals surface area contributed by atoms with Gasteiger partial charge in [-0.1, -0.05) is 0 Å². The van der Waals surface area contributed by atoms with Crippen molar-refractivity contribution in [2.24, 2.45) is 0 Å². The van der Waals surface area contributed by atoms with E-state index in [9.17, 15) is 4.79 Å². The number of aromatic amines is 2. The van der Waals surface area contributed by atoms with Gasteiger partial charge in [-0.2, -0.15) is 0 Å². The molecule has 1 aliphatic rings. The van der Waals surface area contributed by atoms with Crippen LogP contribution in [0.25, 0.3) is 32.7 Å². The van der Waals surface area contributed by atoms with Crippen LogP contribution in [0.1, 0.15) is 0 Å². The number of nitrogens with zero attached hydrogens (tertiary/aromatic N) is 4. The predicted octanol–water partition coefficient (Wildman–Crippen LogP) is 1.61. The summed E-state index contributed by atoms with van der Waals surface area (Å²) in [6, 6.07) is 3.86. The maximum Gasteiger partial charge on any atom is 0.272 e. The molecular formula is C20H23N7O. The Labute approximate surface area is 161 Å². The molecule has 0 saturated carbocycles. The lowest BCUT2D eigenvalue weighted by molar-refractivity contribution is 0.158. The lowest BCUT2D eigenvalue weighted by Gasteiger charge is -2.32. The van der Waals surface area contributed by atoms with Crippen LogP contribution in [0.15, 0.2) is 35.5 Å². The summed E-state index contributed by atoms with van der Waals surface area (Å²) in [5.74, 6) is 0.811. The number of hydrogen-bond donors (Lipinski definition) is 3. The Morgan fingerprint density at radius 3 is 2.82 bits per heavy atom. The van der Waals surface area contributed by atoms with Gasteiger partial charge in [-0.05, 0) is 19.2 Å². The Morgan fingerprint density at radius 1 is 1.11 bits per heavy atom. The molecule has 0 aliphatic carbocycles. The Balaban J connectivity index is 1.51. The van der Waals surface area contributed by atoms with E-state index in [1.165, 1.54) is 0 Å². The maximum absolute atomic E-state index is 12.2. The fourth-order valence-corrected chi connectivity index (χ4v) is 3.94. The molecule has 0 bridgehead atoms. The van der Waals surface area contributed by atoms with Crippen LogP contribution < -0.4 is 10.9 Å². The zero-order valence-electron chi connectivity index (χ0n) is 15.8. The fraction of sp³-hybridized carbons (Fsp3) is 0.350. The number of aromatic nitrogens is 4. The minimum absolute atomic E-state index is 0.137. The van der Waals surface area contributed by atoms with Crippen molar-refractivity contribution in [2.45, 2.75) is 0 Å². The monoisotopic (exact) mass is 377 g/mol. The van der Waals surface area contributed by atoms with Crippen molar-refractivity contribution in [2.75, 3.05) is 51.6 Å². The quantitative estimate of drug-likeness (QED) is 0.500. The van der Waals surface area contributed by atoms with E-state index < -0.39 is 0 Å². The number of pyridine rings is 3. The normalized spacial score (nSPS) is 16.3. The second-order valence-electron chi connectivity index (χ2n) is 7.40. The third-order valence-electron chi connectivity index (χ3n) is 5.59. The van der Waals surface area contributed by atoms with Crippen LogP contribution in [-0.4, -0.2) is 76.1 Å². The number of H-pyrrole nitrogens is 2. The zero-order chi connectivity index (χ0) is 19.1. The number of nitrogens with one attached hydrogen (secondary N) is 3. The molecule has 1 aliphatic heterocycles. The first-order chi connectivity index (χ1) is 13.7. The molecule has 4 aromatic heterocycles. The fourth-order valence-electron chi connectivity index (χ4n) is 3.94. The first-order valence-corrected chi connectivity index (χ1v) is 9.62. The average molecular weight is 377 g/mol. The second-order valence-corrected chi connectivity index (χ2v) is 7.40. The number of anilines is 1. The van der Waals surface area contributed by atoms with Crippen molar-refractivity contribution in [3.8, 4) is 0 Å². The van der Waals surface area contributed by atoms with Crippen LogP contribution >= 0.6 is 0 Å². The van der Waals surface area contributed by atoms with Gasteiger partial charge in [0.1, 0.15) is 11.3 Å². The Kier molecular flexibility index (Phi) is 4.22. The number of rotatable bonds is 4. The third-order valence-corrected chi connectivity index (χ3v) is 5.59. The number of likely N-dealkylation sites (N-methyl/N-ethyl adjacent to an activating group) is 1. The van der Waals surface area contributed by atoms with Crippen LogP contribution in [0.2, 0.25) is 0 Å². The van der Waals surface area contributed by atoms with E-state index in [2.05, 4.69) is 37.1 Å². The van der Waals surface area contributed by atoms with Gasteiger partial charge in [-0.3, -0.25) is 14.7 Å². The average Bonchev–Trinajstić information content (AvgIpc) is 3.10. The molecule has 0 aromatic carbocycles. The van der Waals surface area contributed by atoms with Gasteiger partial charge in [0.25, 0.3) is 5.56 Å². The van der Waals surface area contributed by atoms with E-state index in [0.717, 1.165) is 72.3 Å². The highest BCUT2D eigenvalue weighted by atomic mass is 16.1. The van der Waals surface area contributed by atoms with Crippen molar-refractivity contribution in [3.63, 3.8) is 0 Å². The number of piperazine rings is 1. The molecule has 0 unspecified atom stereocenters. The lowest BCUT2D eigenvalue weighted by Crippen LogP contribution is -2.45. The van der Waals surface area contributed by atoms with E-state index >= 15 is 0 Å². The minimum atomic E-state index is -0.137. The summed E-state index contributed by atoms with van der Waals surface area (Å²) in [5, 5.41) is 6.30. The first-order valence-electron chi connectivity index (χ1n) is 9.62. The van der Waals surface area contributed by atoms with Gasteiger partial charge >= 0.3 is 0 Å². The molecule has 1 fully saturated rings. The second kappa shape index (κ2) is 6.88. The summed E-state index contributed by atoms with van der Waals surface area (Å²) in [6.07, 6.45) is 5.26. The molecule has 0 amide bonds. The summed E-state index contributed by atoms with van der Waals surface area (Å²) in [5.41, 5.74) is 2.09. The highest BCUT2D eigenvalue weighted by Crippen LogP contribution is 2.31. The standard InChI is InChI=1S/C20H23N7O/c1-26-8-10-27(11-9-26)7-6-22-19-15-12-21-4-2-13(15)16-17(25-19)14-3-5-23-20(28)18(14)24-16/h2-5,12,24H,6-11H2,1H3,(H,22,25)(H,23,28). The van der Waals surface area contributed by atoms with Crippen LogP contribution in [0, 0.1) is 0 Å². The molecule has 1 saturated heterocycles. The van der Waals surface area contributed by atoms with Gasteiger partial charge in [-0.15, -0.1) is 0 Å². The number of hydrogen-bond acceptors (Lipinski definition) is 6. The molecule has 3 N–H and O–H groups in total. The van der Waals surface area contributed by atoms with Crippen molar-refractivity contribution in [3.05, 3.63) is 41.1 Å². The largest absolute Gasteiger partial charge is 0.368 e. The van der Waals surface area contributed by atoms with Gasteiger partial charge in [-0.25, -0.2) is 4.98 Å². The van der Waals surface area contributed by atoms with Crippen molar-refractivity contribution in [1.29, 1.82) is 0 Å². The summed E-state index contributed by atoms with van der Waals surface area (Å²) >= 11 is 0. The van der Waals surface area contributed by atoms with Gasteiger partial charge in [0, 0.05) is 74.0 Å². The van der Waals surface area contributed by atoms with E-state index in [-0.39, 0.29) is 5.56 Å². The van der Waals surface area contributed by atoms with Gasteiger partial charge in [0.05, 0.1) is 11.0 Å². The van der Waals surface area contributed by atoms with Gasteiger partial charge in [0.2, 0.25) is 0 Å². The predicted molar refractivity (Wildman–Crippen MR) is 112 cm³/mol. The van der Waals surface area contributed by atoms with E-state index in [1.54, 1.807) is 12.4 Å². The van der Waals surface area contributed by atoms with Crippen LogP contribution in [0.4, 0.5) is 5.82 Å². The van der Waals surface area contributed by atoms with Crippen LogP contribution in [-0.2, 0) is 0 Å². The molecule has 5 heterocycles. The molecule has 0 spiro atoms. The van der Waals surface area contributed by atoms with Crippen LogP contribution in [0.3, 0.4) is 0 Å². The van der Waals surface area contributed by atoms with E-state index in [0.29, 0.717) is 5.52 Å². The molecular weight excluding hydrogens is 354 g/mol. The molecule has 8 nitrogen and oxygen atoms in total. The number of fused-ring (bicyclic) bond motifs is 5. The highest BCUT2D eigenvalue weighted by molar-refractivity contribution is 6.16. The molecule has 8 heteroatoms. The van der Waals surface area contributed by atoms with Gasteiger partial charge in [0.15, 0.2) is 0 Å². The smallest absolute Gasteiger partial charge is 0.272 e. The Bertz CT molecular complexity index is 1200. The molecule has 4 aromatic rings. The molecule has 144 valence electrons. The van der Waals surface area contributed by atoms with Crippen molar-refractivity contribution < 1.29 is 0 Å². The molecule has 5 rings (SSSR count). The van der Waals surface area contributed by atoms with Crippen molar-refractivity contribution in [1.82, 2.24) is 29.7 Å². The van der Waals surface area contributed by atoms with E-state index in [1.807, 2.05) is 18.3 Å². The molecule has 28 heavy (non-hydrogen) atoms. The Morgan fingerprint density at radius 2 is 1.96 bits per heavy atom. The van der Waals surface area contributed by atoms with Gasteiger partial charge < -0.3 is 20.2 Å². The minimum Gasteiger partial charge on any atom is -0.368 e. The van der Waals surface area contributed by atoms with E-state index in [4.69, 9.17) is 4.98 Å². The summed E-state index contributed by atoms with van der Waals surface area (Å²) in [6.45, 7) is 6.20. The molecule has 0 radical (unpaired) electrons.